The minimum Gasteiger partial charge on any atom is -0.396 e. The molecule has 0 radical (unpaired) electrons. The van der Waals surface area contributed by atoms with Gasteiger partial charge in [-0.2, -0.15) is 0 Å². The number of halogens is 1. The summed E-state index contributed by atoms with van der Waals surface area (Å²) in [6, 6.07) is 7.68. The van der Waals surface area contributed by atoms with Crippen LogP contribution in [-0.4, -0.2) is 57.1 Å². The molecular weight excluding hydrogens is 354 g/mol. The third-order valence-electron chi connectivity index (χ3n) is 4.44. The molecule has 1 heterocycles. The largest absolute Gasteiger partial charge is 0.396 e. The Kier molecular flexibility index (Phi) is 9.18. The maximum absolute atomic E-state index is 9.31. The summed E-state index contributed by atoms with van der Waals surface area (Å²) in [5.41, 5.74) is 1.02. The second kappa shape index (κ2) is 11.4. The zero-order valence-corrected chi connectivity index (χ0v) is 16.2. The SMILES string of the molecule is CCNC(=NCC1(CCO)CCOC1)NCCOCc1cccc(Cl)c1. The number of ether oxygens (including phenoxy) is 2. The molecule has 1 fully saturated rings. The molecule has 2 rings (SSSR count). The van der Waals surface area contributed by atoms with E-state index in [-0.39, 0.29) is 12.0 Å². The Morgan fingerprint density at radius 2 is 2.31 bits per heavy atom. The molecule has 6 nitrogen and oxygen atoms in total. The maximum atomic E-state index is 9.31. The van der Waals surface area contributed by atoms with Crippen LogP contribution in [0.15, 0.2) is 29.3 Å². The van der Waals surface area contributed by atoms with E-state index in [0.717, 1.165) is 42.5 Å². The van der Waals surface area contributed by atoms with Crippen LogP contribution < -0.4 is 10.6 Å². The fraction of sp³-hybridized carbons (Fsp3) is 0.632. The number of nitrogens with one attached hydrogen (secondary N) is 2. The Labute approximate surface area is 160 Å². The van der Waals surface area contributed by atoms with Crippen molar-refractivity contribution in [1.82, 2.24) is 10.6 Å². The van der Waals surface area contributed by atoms with E-state index in [2.05, 4.69) is 15.6 Å². The first-order valence-electron chi connectivity index (χ1n) is 9.20. The van der Waals surface area contributed by atoms with E-state index in [1.165, 1.54) is 0 Å². The molecule has 1 atom stereocenters. The van der Waals surface area contributed by atoms with Gasteiger partial charge in [-0.05, 0) is 37.5 Å². The second-order valence-electron chi connectivity index (χ2n) is 6.58. The normalized spacial score (nSPS) is 20.3. The lowest BCUT2D eigenvalue weighted by molar-refractivity contribution is 0.125. The first-order chi connectivity index (χ1) is 12.7. The van der Waals surface area contributed by atoms with Crippen molar-refractivity contribution < 1.29 is 14.6 Å². The molecule has 0 amide bonds. The van der Waals surface area contributed by atoms with Crippen LogP contribution in [0.1, 0.15) is 25.3 Å². The van der Waals surface area contributed by atoms with Crippen LogP contribution in [0.5, 0.6) is 0 Å². The van der Waals surface area contributed by atoms with E-state index >= 15 is 0 Å². The first kappa shape index (κ1) is 21.0. The highest BCUT2D eigenvalue weighted by Gasteiger charge is 2.34. The molecular formula is C19H30ClN3O3. The Hall–Kier alpha value is -1.34. The van der Waals surface area contributed by atoms with E-state index < -0.39 is 0 Å². The van der Waals surface area contributed by atoms with E-state index in [0.29, 0.717) is 32.9 Å². The molecule has 0 saturated carbocycles. The van der Waals surface area contributed by atoms with Crippen LogP contribution in [-0.2, 0) is 16.1 Å². The summed E-state index contributed by atoms with van der Waals surface area (Å²) >= 11 is 5.97. The number of aliphatic hydroxyl groups is 1. The van der Waals surface area contributed by atoms with Crippen LogP contribution in [0.2, 0.25) is 5.02 Å². The van der Waals surface area contributed by atoms with Crippen molar-refractivity contribution in [3.63, 3.8) is 0 Å². The van der Waals surface area contributed by atoms with Gasteiger partial charge in [-0.25, -0.2) is 0 Å². The van der Waals surface area contributed by atoms with Crippen LogP contribution in [0.3, 0.4) is 0 Å². The highest BCUT2D eigenvalue weighted by atomic mass is 35.5. The number of hydrogen-bond acceptors (Lipinski definition) is 4. The molecule has 0 aromatic heterocycles. The summed E-state index contributed by atoms with van der Waals surface area (Å²) in [5, 5.41) is 16.6. The van der Waals surface area contributed by atoms with Crippen LogP contribution in [0.4, 0.5) is 0 Å². The van der Waals surface area contributed by atoms with Crippen molar-refractivity contribution in [3.8, 4) is 0 Å². The van der Waals surface area contributed by atoms with Gasteiger partial charge in [0.15, 0.2) is 5.96 Å². The molecule has 1 aliphatic heterocycles. The van der Waals surface area contributed by atoms with Gasteiger partial charge in [0.05, 0.1) is 26.4 Å². The fourth-order valence-corrected chi connectivity index (χ4v) is 3.15. The second-order valence-corrected chi connectivity index (χ2v) is 7.02. The average molecular weight is 384 g/mol. The lowest BCUT2D eigenvalue weighted by Gasteiger charge is -2.24. The molecule has 0 bridgehead atoms. The van der Waals surface area contributed by atoms with Crippen molar-refractivity contribution >= 4 is 17.6 Å². The van der Waals surface area contributed by atoms with Crippen molar-refractivity contribution in [2.45, 2.75) is 26.4 Å². The molecule has 146 valence electrons. The molecule has 3 N–H and O–H groups in total. The quantitative estimate of drug-likeness (QED) is 0.328. The highest BCUT2D eigenvalue weighted by molar-refractivity contribution is 6.30. The summed E-state index contributed by atoms with van der Waals surface area (Å²) in [6.45, 7) is 6.82. The van der Waals surface area contributed by atoms with Gasteiger partial charge >= 0.3 is 0 Å². The molecule has 1 saturated heterocycles. The van der Waals surface area contributed by atoms with Gasteiger partial charge < -0.3 is 25.2 Å². The molecule has 1 aromatic carbocycles. The summed E-state index contributed by atoms with van der Waals surface area (Å²) in [7, 11) is 0. The lowest BCUT2D eigenvalue weighted by Crippen LogP contribution is -2.40. The zero-order valence-electron chi connectivity index (χ0n) is 15.5. The third-order valence-corrected chi connectivity index (χ3v) is 4.68. The molecule has 0 aliphatic carbocycles. The van der Waals surface area contributed by atoms with Crippen molar-refractivity contribution in [1.29, 1.82) is 0 Å². The topological polar surface area (TPSA) is 75.1 Å². The van der Waals surface area contributed by atoms with Gasteiger partial charge in [-0.3, -0.25) is 4.99 Å². The van der Waals surface area contributed by atoms with Gasteiger partial charge in [0.2, 0.25) is 0 Å². The Bertz CT molecular complexity index is 563. The van der Waals surface area contributed by atoms with Crippen LogP contribution in [0.25, 0.3) is 0 Å². The minimum absolute atomic E-state index is 0.0415. The number of benzene rings is 1. The van der Waals surface area contributed by atoms with Gasteiger partial charge in [0.25, 0.3) is 0 Å². The first-order valence-corrected chi connectivity index (χ1v) is 9.58. The van der Waals surface area contributed by atoms with Crippen molar-refractivity contribution in [3.05, 3.63) is 34.9 Å². The number of guanidine groups is 1. The van der Waals surface area contributed by atoms with Crippen LogP contribution >= 0.6 is 11.6 Å². The molecule has 1 unspecified atom stereocenters. The van der Waals surface area contributed by atoms with Crippen molar-refractivity contribution in [2.75, 3.05) is 46.1 Å². The highest BCUT2D eigenvalue weighted by Crippen LogP contribution is 2.32. The maximum Gasteiger partial charge on any atom is 0.191 e. The van der Waals surface area contributed by atoms with E-state index in [4.69, 9.17) is 21.1 Å². The molecule has 26 heavy (non-hydrogen) atoms. The lowest BCUT2D eigenvalue weighted by atomic mass is 9.84. The predicted molar refractivity (Wildman–Crippen MR) is 105 cm³/mol. The van der Waals surface area contributed by atoms with Gasteiger partial charge in [0.1, 0.15) is 0 Å². The molecule has 7 heteroatoms. The predicted octanol–water partition coefficient (Wildman–Crippen LogP) is 2.20. The molecule has 1 aromatic rings. The van der Waals surface area contributed by atoms with E-state index in [9.17, 15) is 5.11 Å². The van der Waals surface area contributed by atoms with Gasteiger partial charge in [0, 0.05) is 36.7 Å². The standard InChI is InChI=1S/C19H30ClN3O3/c1-2-21-18(23-14-19(6-9-24)7-10-26-15-19)22-8-11-25-13-16-4-3-5-17(20)12-16/h3-5,12,24H,2,6-11,13-15H2,1H3,(H2,21,22,23). The number of aliphatic hydroxyl groups excluding tert-OH is 1. The number of rotatable bonds is 10. The summed E-state index contributed by atoms with van der Waals surface area (Å²) in [4.78, 5) is 4.68. The summed E-state index contributed by atoms with van der Waals surface area (Å²) in [6.07, 6.45) is 1.66. The van der Waals surface area contributed by atoms with E-state index in [1.54, 1.807) is 0 Å². The minimum atomic E-state index is -0.0415. The van der Waals surface area contributed by atoms with Gasteiger partial charge in [-0.15, -0.1) is 0 Å². The van der Waals surface area contributed by atoms with Crippen LogP contribution in [0, 0.1) is 5.41 Å². The Morgan fingerprint density at radius 1 is 1.42 bits per heavy atom. The fourth-order valence-electron chi connectivity index (χ4n) is 2.93. The summed E-state index contributed by atoms with van der Waals surface area (Å²) in [5.74, 6) is 0.767. The van der Waals surface area contributed by atoms with Gasteiger partial charge in [-0.1, -0.05) is 23.7 Å². The average Bonchev–Trinajstić information content (AvgIpc) is 3.08. The molecule has 1 aliphatic rings. The number of nitrogens with zero attached hydrogens (tertiary/aromatic N) is 1. The Morgan fingerprint density at radius 3 is 3.00 bits per heavy atom. The number of hydrogen-bond donors (Lipinski definition) is 3. The van der Waals surface area contributed by atoms with E-state index in [1.807, 2.05) is 31.2 Å². The Balaban J connectivity index is 1.74. The zero-order chi connectivity index (χ0) is 18.7. The monoisotopic (exact) mass is 383 g/mol. The molecule has 0 spiro atoms. The smallest absolute Gasteiger partial charge is 0.191 e. The summed E-state index contributed by atoms with van der Waals surface area (Å²) < 4.78 is 11.2. The number of aliphatic imine (C=N–C) groups is 1. The third kappa shape index (κ3) is 7.11. The van der Waals surface area contributed by atoms with Crippen molar-refractivity contribution in [2.24, 2.45) is 10.4 Å².